The normalized spacial score (nSPS) is 20.6. The number of nitrogens with one attached hydrogen (secondary N) is 1. The third kappa shape index (κ3) is 11.8. The summed E-state index contributed by atoms with van der Waals surface area (Å²) >= 11 is 0. The molecule has 4 rings (SSSR count). The first-order valence-electron chi connectivity index (χ1n) is 16.6. The van der Waals surface area contributed by atoms with Crippen molar-refractivity contribution in [2.75, 3.05) is 20.7 Å². The second-order valence-corrected chi connectivity index (χ2v) is 12.2. The third-order valence-electron chi connectivity index (χ3n) is 8.96. The van der Waals surface area contributed by atoms with Crippen LogP contribution in [-0.2, 0) is 21.6 Å². The maximum atomic E-state index is 13.9. The Hall–Kier alpha value is -3.76. The molecule has 1 aliphatic carbocycles. The molecule has 1 aromatic carbocycles. The van der Waals surface area contributed by atoms with E-state index in [2.05, 4.69) is 22.0 Å². The van der Waals surface area contributed by atoms with E-state index in [1.54, 1.807) is 37.5 Å². The summed E-state index contributed by atoms with van der Waals surface area (Å²) in [6.45, 7) is 15.7. The van der Waals surface area contributed by atoms with E-state index in [0.717, 1.165) is 37.1 Å². The van der Waals surface area contributed by atoms with E-state index in [9.17, 15) is 28.3 Å². The van der Waals surface area contributed by atoms with E-state index in [0.29, 0.717) is 12.6 Å². The van der Waals surface area contributed by atoms with Gasteiger partial charge in [0.25, 0.3) is 5.91 Å². The Balaban J connectivity index is 0.000000656. The summed E-state index contributed by atoms with van der Waals surface area (Å²) < 4.78 is 33.4. The van der Waals surface area contributed by atoms with Gasteiger partial charge in [0.05, 0.1) is 18.3 Å². The van der Waals surface area contributed by atoms with Crippen molar-refractivity contribution in [2.45, 2.75) is 112 Å². The first kappa shape index (κ1) is 41.3. The van der Waals surface area contributed by atoms with Crippen molar-refractivity contribution in [3.63, 3.8) is 0 Å². The van der Waals surface area contributed by atoms with Crippen molar-refractivity contribution < 1.29 is 28.2 Å². The molecule has 1 aromatic heterocycles. The number of aliphatic imine (C=N–C) groups is 1. The zero-order chi connectivity index (χ0) is 35.9. The van der Waals surface area contributed by atoms with Crippen LogP contribution in [0.3, 0.4) is 0 Å². The van der Waals surface area contributed by atoms with Crippen LogP contribution in [0, 0.1) is 30.4 Å². The molecular formula is C36H56F2N4O5. The molecule has 3 atom stereocenters. The molecule has 2 aromatic rings. The molecular weight excluding hydrogens is 606 g/mol. The Morgan fingerprint density at radius 3 is 2.30 bits per heavy atom. The fourth-order valence-electron chi connectivity index (χ4n) is 5.33. The monoisotopic (exact) mass is 662 g/mol. The summed E-state index contributed by atoms with van der Waals surface area (Å²) in [5.41, 5.74) is -1.49. The number of likely N-dealkylation sites (tertiary alicyclic amines) is 1. The number of carbonyl (C=O) groups excluding carboxylic acids is 2. The molecule has 1 saturated carbocycles. The van der Waals surface area contributed by atoms with Crippen LogP contribution in [0.5, 0.6) is 5.75 Å². The number of hydrogen-bond donors (Lipinski definition) is 2. The van der Waals surface area contributed by atoms with Gasteiger partial charge >= 0.3 is 0 Å². The average Bonchev–Trinajstić information content (AvgIpc) is 3.90. The average molecular weight is 663 g/mol. The highest BCUT2D eigenvalue weighted by Gasteiger charge is 2.40. The van der Waals surface area contributed by atoms with Gasteiger partial charge in [-0.25, -0.2) is 8.78 Å². The lowest BCUT2D eigenvalue weighted by Crippen LogP contribution is -2.48. The van der Waals surface area contributed by atoms with Gasteiger partial charge in [-0.1, -0.05) is 59.4 Å². The molecule has 1 aliphatic heterocycles. The van der Waals surface area contributed by atoms with Gasteiger partial charge in [-0.3, -0.25) is 19.4 Å². The van der Waals surface area contributed by atoms with Gasteiger partial charge in [-0.15, -0.1) is 0 Å². The Morgan fingerprint density at radius 1 is 1.19 bits per heavy atom. The van der Waals surface area contributed by atoms with Crippen LogP contribution in [-0.4, -0.2) is 59.5 Å². The number of methoxy groups -OCH3 is 1. The Morgan fingerprint density at radius 2 is 1.83 bits per heavy atom. The van der Waals surface area contributed by atoms with Crippen LogP contribution >= 0.6 is 0 Å². The van der Waals surface area contributed by atoms with Gasteiger partial charge in [0.2, 0.25) is 11.8 Å². The molecule has 9 nitrogen and oxygen atoms in total. The number of benzene rings is 1. The minimum atomic E-state index is -0.841. The molecule has 0 radical (unpaired) electrons. The van der Waals surface area contributed by atoms with Crippen molar-refractivity contribution in [1.82, 2.24) is 14.8 Å². The van der Waals surface area contributed by atoms with E-state index >= 15 is 0 Å². The van der Waals surface area contributed by atoms with Gasteiger partial charge in [0.15, 0.2) is 11.6 Å². The molecule has 2 heterocycles. The number of nitrogens with zero attached hydrogens (tertiary/aromatic N) is 3. The Bertz CT molecular complexity index is 1390. The molecule has 47 heavy (non-hydrogen) atoms. The van der Waals surface area contributed by atoms with Gasteiger partial charge in [-0.2, -0.15) is 0 Å². The van der Waals surface area contributed by atoms with Crippen LogP contribution in [0.1, 0.15) is 109 Å². The van der Waals surface area contributed by atoms with Gasteiger partial charge < -0.3 is 24.6 Å². The summed E-state index contributed by atoms with van der Waals surface area (Å²) in [6, 6.07) is 3.02. The fourth-order valence-corrected chi connectivity index (χ4v) is 5.33. The van der Waals surface area contributed by atoms with Gasteiger partial charge in [0, 0.05) is 50.9 Å². The lowest BCUT2D eigenvalue weighted by molar-refractivity contribution is -0.121. The molecule has 1 saturated heterocycles. The second-order valence-electron chi connectivity index (χ2n) is 12.2. The maximum absolute atomic E-state index is 13.9. The highest BCUT2D eigenvalue weighted by atomic mass is 19.1. The predicted octanol–water partition coefficient (Wildman–Crippen LogP) is 6.97. The van der Waals surface area contributed by atoms with Crippen LogP contribution in [0.25, 0.3) is 0 Å². The number of hydrogen-bond acceptors (Lipinski definition) is 6. The van der Waals surface area contributed by atoms with E-state index in [1.807, 2.05) is 34.6 Å². The summed E-state index contributed by atoms with van der Waals surface area (Å²) in [7, 11) is 3.29. The molecule has 2 amide bonds. The number of halogens is 2. The lowest BCUT2D eigenvalue weighted by Gasteiger charge is -2.41. The zero-order valence-electron chi connectivity index (χ0n) is 30.0. The molecule has 2 fully saturated rings. The summed E-state index contributed by atoms with van der Waals surface area (Å²) in [4.78, 5) is 42.6. The van der Waals surface area contributed by atoms with Gasteiger partial charge in [-0.05, 0) is 51.5 Å². The first-order valence-corrected chi connectivity index (χ1v) is 16.6. The third-order valence-corrected chi connectivity index (χ3v) is 8.96. The molecule has 2 N–H and O–H groups in total. The van der Waals surface area contributed by atoms with Gasteiger partial charge in [0.1, 0.15) is 17.2 Å². The van der Waals surface area contributed by atoms with Crippen molar-refractivity contribution in [3.8, 4) is 5.75 Å². The molecule has 3 unspecified atom stereocenters. The maximum Gasteiger partial charge on any atom is 0.257 e. The Kier molecular flexibility index (Phi) is 17.4. The topological polar surface area (TPSA) is 113 Å². The number of rotatable bonds is 7. The summed E-state index contributed by atoms with van der Waals surface area (Å²) in [5.74, 6) is -0.974. The SMILES string of the molecule is CC.CCCC1CC1.CN=C(C)OC.Cc1c(O)c(=O)c(C(=O)NCc2ccc(F)cc2F)cn1C1(C)CN(C=O)C(C)CCC1C. The van der Waals surface area contributed by atoms with E-state index in [1.165, 1.54) is 37.9 Å². The first-order chi connectivity index (χ1) is 22.2. The fraction of sp³-hybridized carbons (Fsp3) is 0.611. The standard InChI is InChI=1S/C24H29F2N3O4.C6H12.C4H9NO.C2H6/c1-14-5-6-15(2)28(13-30)12-24(14,4)29-11-19(22(32)21(31)16(29)3)23(33)27-10-17-7-8-18(25)9-20(17)26;1-2-3-6-4-5-6;1-4(5-2)6-3;1-2/h7-9,11,13-15,31H,5-6,10,12H2,1-4H3,(H,27,33);6H,2-5H2,1H3;1-3H3;1-2H3. The number of ether oxygens (including phenoxy) is 1. The van der Waals surface area contributed by atoms with Crippen LogP contribution in [0.2, 0.25) is 0 Å². The highest BCUT2D eigenvalue weighted by Crippen LogP contribution is 2.37. The van der Waals surface area contributed by atoms with Crippen LogP contribution in [0.4, 0.5) is 8.78 Å². The molecule has 11 heteroatoms. The van der Waals surface area contributed by atoms with Crippen molar-refractivity contribution in [1.29, 1.82) is 0 Å². The van der Waals surface area contributed by atoms with E-state index in [4.69, 9.17) is 0 Å². The van der Waals surface area contributed by atoms with Crippen molar-refractivity contribution in [2.24, 2.45) is 16.8 Å². The number of amides is 2. The highest BCUT2D eigenvalue weighted by molar-refractivity contribution is 5.94. The van der Waals surface area contributed by atoms with E-state index < -0.39 is 34.3 Å². The molecule has 2 aliphatic rings. The van der Waals surface area contributed by atoms with Crippen molar-refractivity contribution in [3.05, 3.63) is 63.1 Å². The van der Waals surface area contributed by atoms with Crippen LogP contribution in [0.15, 0.2) is 34.2 Å². The molecule has 264 valence electrons. The molecule has 0 bridgehead atoms. The lowest BCUT2D eigenvalue weighted by atomic mass is 9.83. The minimum Gasteiger partial charge on any atom is -0.503 e. The zero-order valence-corrected chi connectivity index (χ0v) is 30.0. The van der Waals surface area contributed by atoms with Crippen LogP contribution < -0.4 is 10.7 Å². The predicted molar refractivity (Wildman–Crippen MR) is 184 cm³/mol. The smallest absolute Gasteiger partial charge is 0.257 e. The largest absolute Gasteiger partial charge is 0.503 e. The minimum absolute atomic E-state index is 0.0356. The number of carbonyl (C=O) groups is 2. The second kappa shape index (κ2) is 19.8. The molecule has 0 spiro atoms. The number of aromatic hydroxyl groups is 1. The quantitative estimate of drug-likeness (QED) is 0.189. The van der Waals surface area contributed by atoms with Crippen molar-refractivity contribution >= 4 is 18.2 Å². The summed E-state index contributed by atoms with van der Waals surface area (Å²) in [5, 5.41) is 13.0. The summed E-state index contributed by atoms with van der Waals surface area (Å²) in [6.07, 6.45) is 9.72. The number of aromatic nitrogens is 1. The Labute approximate surface area is 279 Å². The number of pyridine rings is 1. The van der Waals surface area contributed by atoms with E-state index in [-0.39, 0.29) is 35.3 Å².